The summed E-state index contributed by atoms with van der Waals surface area (Å²) in [5.41, 5.74) is 1.60. The van der Waals surface area contributed by atoms with Gasteiger partial charge in [-0.2, -0.15) is 23.1 Å². The van der Waals surface area contributed by atoms with Crippen LogP contribution in [0.3, 0.4) is 0 Å². The minimum absolute atomic E-state index is 0.296. The molecule has 0 radical (unpaired) electrons. The third-order valence-electron chi connectivity index (χ3n) is 5.06. The first kappa shape index (κ1) is 27.6. The van der Waals surface area contributed by atoms with Crippen molar-refractivity contribution in [2.45, 2.75) is 26.4 Å². The molecule has 0 unspecified atom stereocenters. The number of aliphatic carboxylic acids is 1. The molecule has 0 spiro atoms. The molecule has 4 rings (SSSR count). The summed E-state index contributed by atoms with van der Waals surface area (Å²) < 4.78 is 40.7. The number of carboxylic acid groups (broad SMARTS) is 1. The maximum Gasteiger partial charge on any atom is 0.490 e. The van der Waals surface area contributed by atoms with Gasteiger partial charge in [-0.15, -0.1) is 0 Å². The molecule has 0 atom stereocenters. The first-order chi connectivity index (χ1) is 17.3. The number of rotatable bonds is 5. The standard InChI is InChI=1S/C19H20BrN7O3.C2HF3O2/c1-5-11-13(20)12-14(23-11)24-18(25-16(12)30-6-2)22-9-7-10-15(21-8-9)26(3)19(29)27(4)17(10)28;3-2(4,5)1(6)7/h7-8H,5-6H2,1-4H3,(H2,22,23,24,25);(H,6,7). The van der Waals surface area contributed by atoms with E-state index >= 15 is 0 Å². The van der Waals surface area contributed by atoms with Crippen molar-refractivity contribution in [2.24, 2.45) is 14.1 Å². The number of nitrogens with one attached hydrogen (secondary N) is 2. The highest BCUT2D eigenvalue weighted by molar-refractivity contribution is 9.10. The van der Waals surface area contributed by atoms with Crippen molar-refractivity contribution in [3.05, 3.63) is 43.3 Å². The Bertz CT molecular complexity index is 1610. The van der Waals surface area contributed by atoms with Gasteiger partial charge in [0.15, 0.2) is 0 Å². The number of fused-ring (bicyclic) bond motifs is 2. The molecule has 0 aliphatic heterocycles. The average molecular weight is 588 g/mol. The van der Waals surface area contributed by atoms with E-state index in [9.17, 15) is 22.8 Å². The zero-order valence-corrected chi connectivity index (χ0v) is 21.5. The lowest BCUT2D eigenvalue weighted by atomic mass is 10.3. The Labute approximate surface area is 214 Å². The summed E-state index contributed by atoms with van der Waals surface area (Å²) in [4.78, 5) is 50.1. The van der Waals surface area contributed by atoms with Crippen molar-refractivity contribution in [2.75, 3.05) is 11.9 Å². The van der Waals surface area contributed by atoms with Crippen LogP contribution in [-0.4, -0.2) is 52.9 Å². The van der Waals surface area contributed by atoms with Crippen LogP contribution in [0, 0.1) is 0 Å². The highest BCUT2D eigenvalue weighted by Gasteiger charge is 2.38. The van der Waals surface area contributed by atoms with E-state index in [1.165, 1.54) is 17.8 Å². The van der Waals surface area contributed by atoms with Gasteiger partial charge in [0.25, 0.3) is 5.56 Å². The molecule has 0 aliphatic rings. The normalized spacial score (nSPS) is 11.4. The summed E-state index contributed by atoms with van der Waals surface area (Å²) in [7, 11) is 3.01. The molecular formula is C21H21BrF3N7O5. The van der Waals surface area contributed by atoms with Crippen molar-refractivity contribution in [1.82, 2.24) is 29.1 Å². The molecule has 4 aromatic heterocycles. The fourth-order valence-corrected chi connectivity index (χ4v) is 4.02. The van der Waals surface area contributed by atoms with Crippen molar-refractivity contribution in [3.8, 4) is 5.88 Å². The molecule has 0 aliphatic carbocycles. The Morgan fingerprint density at radius 3 is 2.43 bits per heavy atom. The van der Waals surface area contributed by atoms with Gasteiger partial charge >= 0.3 is 17.8 Å². The van der Waals surface area contributed by atoms with Crippen molar-refractivity contribution in [1.29, 1.82) is 0 Å². The van der Waals surface area contributed by atoms with Gasteiger partial charge in [-0.1, -0.05) is 6.92 Å². The third kappa shape index (κ3) is 5.58. The van der Waals surface area contributed by atoms with Crippen molar-refractivity contribution < 1.29 is 27.8 Å². The summed E-state index contributed by atoms with van der Waals surface area (Å²) in [6, 6.07) is 1.63. The molecule has 198 valence electrons. The summed E-state index contributed by atoms with van der Waals surface area (Å²) in [5, 5.41) is 11.3. The van der Waals surface area contributed by atoms with E-state index in [-0.39, 0.29) is 0 Å². The van der Waals surface area contributed by atoms with Crippen LogP contribution in [0.2, 0.25) is 0 Å². The lowest BCUT2D eigenvalue weighted by Crippen LogP contribution is -2.37. The molecule has 4 aromatic rings. The largest absolute Gasteiger partial charge is 0.490 e. The second kappa shape index (κ2) is 10.6. The van der Waals surface area contributed by atoms with Crippen LogP contribution in [0.1, 0.15) is 19.5 Å². The molecule has 0 bridgehead atoms. The number of pyridine rings is 1. The lowest BCUT2D eigenvalue weighted by molar-refractivity contribution is -0.192. The van der Waals surface area contributed by atoms with E-state index in [2.05, 4.69) is 41.2 Å². The van der Waals surface area contributed by atoms with Crippen LogP contribution in [0.15, 0.2) is 26.3 Å². The molecule has 0 saturated carbocycles. The van der Waals surface area contributed by atoms with Gasteiger partial charge in [-0.3, -0.25) is 13.9 Å². The van der Waals surface area contributed by atoms with Gasteiger partial charge in [0.05, 0.1) is 33.7 Å². The highest BCUT2D eigenvalue weighted by atomic mass is 79.9. The second-order valence-corrected chi connectivity index (χ2v) is 8.30. The number of anilines is 2. The van der Waals surface area contributed by atoms with Gasteiger partial charge in [-0.05, 0) is 35.3 Å². The van der Waals surface area contributed by atoms with Crippen LogP contribution in [-0.2, 0) is 25.3 Å². The molecule has 0 aromatic carbocycles. The number of hydrogen-bond donors (Lipinski definition) is 3. The minimum atomic E-state index is -5.08. The van der Waals surface area contributed by atoms with Crippen LogP contribution in [0.25, 0.3) is 22.1 Å². The Morgan fingerprint density at radius 2 is 1.86 bits per heavy atom. The molecule has 0 amide bonds. The van der Waals surface area contributed by atoms with E-state index in [4.69, 9.17) is 14.6 Å². The Kier molecular flexibility index (Phi) is 7.90. The fraction of sp³-hybridized carbons (Fsp3) is 0.333. The maximum atomic E-state index is 12.5. The van der Waals surface area contributed by atoms with Crippen LogP contribution in [0.4, 0.5) is 24.8 Å². The molecule has 12 nitrogen and oxygen atoms in total. The van der Waals surface area contributed by atoms with Gasteiger partial charge in [-0.25, -0.2) is 14.6 Å². The quantitative estimate of drug-likeness (QED) is 0.319. The van der Waals surface area contributed by atoms with Gasteiger partial charge in [0, 0.05) is 19.8 Å². The zero-order valence-electron chi connectivity index (χ0n) is 19.9. The predicted molar refractivity (Wildman–Crippen MR) is 131 cm³/mol. The number of carbonyl (C=O) groups is 1. The number of aromatic nitrogens is 6. The topological polar surface area (TPSA) is 157 Å². The Hall–Kier alpha value is -3.95. The summed E-state index contributed by atoms with van der Waals surface area (Å²) in [6.45, 7) is 4.37. The molecule has 16 heteroatoms. The number of hydrogen-bond acceptors (Lipinski definition) is 8. The van der Waals surface area contributed by atoms with Crippen LogP contribution in [0.5, 0.6) is 5.88 Å². The first-order valence-corrected chi connectivity index (χ1v) is 11.4. The van der Waals surface area contributed by atoms with E-state index in [0.717, 1.165) is 26.5 Å². The van der Waals surface area contributed by atoms with E-state index < -0.39 is 23.4 Å². The smallest absolute Gasteiger partial charge is 0.477 e. The van der Waals surface area contributed by atoms with E-state index in [0.29, 0.717) is 40.8 Å². The number of carboxylic acids is 1. The van der Waals surface area contributed by atoms with Crippen molar-refractivity contribution >= 4 is 55.6 Å². The fourth-order valence-electron chi connectivity index (χ4n) is 3.28. The molecular weight excluding hydrogens is 567 g/mol. The second-order valence-electron chi connectivity index (χ2n) is 7.51. The number of alkyl halides is 3. The zero-order chi connectivity index (χ0) is 27.7. The number of nitrogens with zero attached hydrogens (tertiary/aromatic N) is 5. The average Bonchev–Trinajstić information content (AvgIpc) is 3.16. The molecule has 3 N–H and O–H groups in total. The third-order valence-corrected chi connectivity index (χ3v) is 5.93. The SMILES string of the molecule is CCOc1nc(Nc2cnc3c(c2)c(=O)n(C)c(=O)n3C)nc2[nH]c(CC)c(Br)c12.O=C(O)C(F)(F)F. The van der Waals surface area contributed by atoms with Gasteiger partial charge in [0.2, 0.25) is 11.8 Å². The molecule has 37 heavy (non-hydrogen) atoms. The Balaban J connectivity index is 0.000000479. The number of aryl methyl sites for hydroxylation is 2. The van der Waals surface area contributed by atoms with Gasteiger partial charge in [0.1, 0.15) is 11.3 Å². The number of aromatic amines is 1. The first-order valence-electron chi connectivity index (χ1n) is 10.6. The number of H-pyrrole nitrogens is 1. The Morgan fingerprint density at radius 1 is 1.22 bits per heavy atom. The highest BCUT2D eigenvalue weighted by Crippen LogP contribution is 2.34. The summed E-state index contributed by atoms with van der Waals surface area (Å²) in [5.74, 6) is -2.02. The minimum Gasteiger partial charge on any atom is -0.477 e. The van der Waals surface area contributed by atoms with Crippen LogP contribution < -0.4 is 21.3 Å². The number of ether oxygens (including phenoxy) is 1. The molecule has 0 fully saturated rings. The molecule has 0 saturated heterocycles. The monoisotopic (exact) mass is 587 g/mol. The van der Waals surface area contributed by atoms with Crippen LogP contribution >= 0.6 is 15.9 Å². The number of halogens is 4. The van der Waals surface area contributed by atoms with E-state index in [1.54, 1.807) is 13.1 Å². The summed E-state index contributed by atoms with van der Waals surface area (Å²) in [6.07, 6.45) is -2.76. The lowest BCUT2D eigenvalue weighted by Gasteiger charge is -2.10. The predicted octanol–water partition coefficient (Wildman–Crippen LogP) is 3.00. The summed E-state index contributed by atoms with van der Waals surface area (Å²) >= 11 is 3.59. The maximum absolute atomic E-state index is 12.5. The van der Waals surface area contributed by atoms with Gasteiger partial charge < -0.3 is 20.1 Å². The van der Waals surface area contributed by atoms with Crippen molar-refractivity contribution in [3.63, 3.8) is 0 Å². The molecule has 4 heterocycles. The van der Waals surface area contributed by atoms with E-state index in [1.807, 2.05) is 13.8 Å².